The summed E-state index contributed by atoms with van der Waals surface area (Å²) < 4.78 is 3.29. The molecule has 3 aromatic carbocycles. The number of amides is 1. The predicted molar refractivity (Wildman–Crippen MR) is 140 cm³/mol. The molecule has 0 atom stereocenters. The van der Waals surface area contributed by atoms with Gasteiger partial charge in [0.25, 0.3) is 11.7 Å². The quantitative estimate of drug-likeness (QED) is 0.118. The first-order valence-electron chi connectivity index (χ1n) is 10.2. The molecule has 10 heteroatoms. The Morgan fingerprint density at radius 2 is 1.91 bits per heavy atom. The van der Waals surface area contributed by atoms with E-state index in [1.54, 1.807) is 12.1 Å². The number of nitrogens with zero attached hydrogens (tertiary/aromatic N) is 3. The number of phenolic OH excluding ortho intramolecular Hbond substituents is 1. The number of carbonyl (C=O) groups excluding carboxylic acids is 1. The van der Waals surface area contributed by atoms with Crippen molar-refractivity contribution >= 4 is 55.7 Å². The van der Waals surface area contributed by atoms with E-state index in [-0.39, 0.29) is 17.4 Å². The second-order valence-electron chi connectivity index (χ2n) is 7.30. The van der Waals surface area contributed by atoms with Gasteiger partial charge in [-0.3, -0.25) is 4.79 Å². The van der Waals surface area contributed by atoms with Crippen LogP contribution in [0.15, 0.2) is 85.9 Å². The minimum absolute atomic E-state index is 0.0413. The Morgan fingerprint density at radius 3 is 2.65 bits per heavy atom. The fraction of sp³-hybridized carbons (Fsp3) is 0.0833. The number of rotatable bonds is 7. The molecule has 1 amide bonds. The largest absolute Gasteiger partial charge is 0.506 e. The summed E-state index contributed by atoms with van der Waals surface area (Å²) in [6.07, 6.45) is 1.39. The van der Waals surface area contributed by atoms with Gasteiger partial charge in [-0.1, -0.05) is 51.8 Å². The van der Waals surface area contributed by atoms with Gasteiger partial charge in [-0.05, 0) is 71.0 Å². The summed E-state index contributed by atoms with van der Waals surface area (Å²) >= 11 is 7.93. The molecular formula is C24H20Br2N5O2S+. The van der Waals surface area contributed by atoms with Crippen LogP contribution in [0, 0.1) is 6.92 Å². The number of H-pyrrole nitrogens is 1. The molecule has 0 spiro atoms. The number of para-hydroxylation sites is 1. The van der Waals surface area contributed by atoms with E-state index in [0.717, 1.165) is 21.5 Å². The van der Waals surface area contributed by atoms with Crippen LogP contribution in [0.2, 0.25) is 0 Å². The normalized spacial score (nSPS) is 11.1. The lowest BCUT2D eigenvalue weighted by Crippen LogP contribution is -2.34. The summed E-state index contributed by atoms with van der Waals surface area (Å²) in [6.45, 7) is 2.04. The number of hydrazone groups is 1. The van der Waals surface area contributed by atoms with Gasteiger partial charge < -0.3 is 5.11 Å². The van der Waals surface area contributed by atoms with Gasteiger partial charge in [0, 0.05) is 10.0 Å². The van der Waals surface area contributed by atoms with Crippen molar-refractivity contribution in [1.29, 1.82) is 0 Å². The van der Waals surface area contributed by atoms with Gasteiger partial charge in [0.2, 0.25) is 0 Å². The van der Waals surface area contributed by atoms with Crippen molar-refractivity contribution in [2.75, 3.05) is 5.75 Å². The third-order valence-electron chi connectivity index (χ3n) is 4.79. The van der Waals surface area contributed by atoms with Gasteiger partial charge in [0.1, 0.15) is 11.4 Å². The SMILES string of the molecule is Cc1ccc(-c2[nH]nc(SCC(=O)NN=Cc3cc(Br)cc(Br)c3O)[n+]2-c2ccccc2)cc1. The highest BCUT2D eigenvalue weighted by atomic mass is 79.9. The molecule has 0 saturated heterocycles. The molecule has 0 unspecified atom stereocenters. The molecular weight excluding hydrogens is 582 g/mol. The maximum atomic E-state index is 12.4. The highest BCUT2D eigenvalue weighted by Gasteiger charge is 2.24. The van der Waals surface area contributed by atoms with E-state index < -0.39 is 0 Å². The van der Waals surface area contributed by atoms with E-state index in [1.807, 2.05) is 66.1 Å². The number of aromatic amines is 1. The van der Waals surface area contributed by atoms with E-state index in [2.05, 4.69) is 52.6 Å². The van der Waals surface area contributed by atoms with Crippen LogP contribution in [0.3, 0.4) is 0 Å². The van der Waals surface area contributed by atoms with Crippen molar-refractivity contribution in [1.82, 2.24) is 15.6 Å². The first kappa shape index (κ1) is 24.2. The molecule has 0 bridgehead atoms. The fourth-order valence-electron chi connectivity index (χ4n) is 3.14. The summed E-state index contributed by atoms with van der Waals surface area (Å²) in [7, 11) is 0. The van der Waals surface area contributed by atoms with Crippen LogP contribution in [0.25, 0.3) is 17.1 Å². The summed E-state index contributed by atoms with van der Waals surface area (Å²) in [5.74, 6) is 0.674. The summed E-state index contributed by atoms with van der Waals surface area (Å²) in [5.41, 5.74) is 6.05. The van der Waals surface area contributed by atoms with Gasteiger partial charge in [0.05, 0.1) is 27.1 Å². The topological polar surface area (TPSA) is 94.2 Å². The van der Waals surface area contributed by atoms with E-state index >= 15 is 0 Å². The van der Waals surface area contributed by atoms with Crippen molar-refractivity contribution in [3.8, 4) is 22.8 Å². The first-order chi connectivity index (χ1) is 16.4. The molecule has 3 N–H and O–H groups in total. The molecule has 0 aliphatic carbocycles. The van der Waals surface area contributed by atoms with Gasteiger partial charge in [0.15, 0.2) is 0 Å². The third kappa shape index (κ3) is 5.75. The molecule has 0 aliphatic rings. The number of halogens is 2. The second kappa shape index (κ2) is 11.0. The lowest BCUT2D eigenvalue weighted by Gasteiger charge is -2.05. The van der Waals surface area contributed by atoms with Crippen LogP contribution >= 0.6 is 43.6 Å². The van der Waals surface area contributed by atoms with Crippen LogP contribution in [0.5, 0.6) is 5.75 Å². The lowest BCUT2D eigenvalue weighted by atomic mass is 10.1. The van der Waals surface area contributed by atoms with Crippen LogP contribution in [0.4, 0.5) is 0 Å². The molecule has 0 radical (unpaired) electrons. The minimum atomic E-state index is -0.297. The number of nitrogens with one attached hydrogen (secondary N) is 2. The number of aromatic nitrogens is 3. The molecule has 0 saturated carbocycles. The number of thioether (sulfide) groups is 1. The Balaban J connectivity index is 1.50. The van der Waals surface area contributed by atoms with Crippen LogP contribution in [-0.4, -0.2) is 33.2 Å². The highest BCUT2D eigenvalue weighted by Crippen LogP contribution is 2.30. The number of carbonyl (C=O) groups is 1. The Labute approximate surface area is 217 Å². The number of hydrogen-bond acceptors (Lipinski definition) is 5. The van der Waals surface area contributed by atoms with Crippen molar-refractivity contribution in [2.24, 2.45) is 5.10 Å². The van der Waals surface area contributed by atoms with Crippen LogP contribution in [-0.2, 0) is 4.79 Å². The molecule has 7 nitrogen and oxygen atoms in total. The number of phenols is 1. The molecule has 4 rings (SSSR count). The highest BCUT2D eigenvalue weighted by molar-refractivity contribution is 9.11. The Morgan fingerprint density at radius 1 is 1.18 bits per heavy atom. The Bertz CT molecular complexity index is 1340. The van der Waals surface area contributed by atoms with Gasteiger partial charge in [-0.15, -0.1) is 5.10 Å². The zero-order valence-electron chi connectivity index (χ0n) is 18.0. The lowest BCUT2D eigenvalue weighted by molar-refractivity contribution is -0.625. The smallest absolute Gasteiger partial charge is 0.342 e. The average molecular weight is 602 g/mol. The maximum absolute atomic E-state index is 12.4. The summed E-state index contributed by atoms with van der Waals surface area (Å²) in [5, 5.41) is 22.3. The Kier molecular flexibility index (Phi) is 7.81. The fourth-order valence-corrected chi connectivity index (χ4v) is 5.15. The van der Waals surface area contributed by atoms with Crippen molar-refractivity contribution in [2.45, 2.75) is 12.1 Å². The van der Waals surface area contributed by atoms with Gasteiger partial charge in [-0.25, -0.2) is 5.43 Å². The average Bonchev–Trinajstić information content (AvgIpc) is 3.25. The van der Waals surface area contributed by atoms with E-state index in [9.17, 15) is 9.90 Å². The molecule has 0 aliphatic heterocycles. The van der Waals surface area contributed by atoms with E-state index in [1.165, 1.54) is 23.5 Å². The maximum Gasteiger partial charge on any atom is 0.342 e. The van der Waals surface area contributed by atoms with E-state index in [4.69, 9.17) is 0 Å². The monoisotopic (exact) mass is 600 g/mol. The third-order valence-corrected chi connectivity index (χ3v) is 6.80. The molecule has 1 aromatic heterocycles. The predicted octanol–water partition coefficient (Wildman–Crippen LogP) is 5.13. The van der Waals surface area contributed by atoms with Gasteiger partial charge >= 0.3 is 5.16 Å². The van der Waals surface area contributed by atoms with Crippen molar-refractivity contribution < 1.29 is 14.5 Å². The van der Waals surface area contributed by atoms with Crippen LogP contribution in [0.1, 0.15) is 11.1 Å². The van der Waals surface area contributed by atoms with Crippen LogP contribution < -0.4 is 9.99 Å². The first-order valence-corrected chi connectivity index (χ1v) is 12.7. The number of benzene rings is 3. The number of aryl methyl sites for hydroxylation is 1. The zero-order valence-corrected chi connectivity index (χ0v) is 22.0. The Hall–Kier alpha value is -2.95. The minimum Gasteiger partial charge on any atom is -0.506 e. The van der Waals surface area contributed by atoms with E-state index in [0.29, 0.717) is 15.2 Å². The summed E-state index contributed by atoms with van der Waals surface area (Å²) in [4.78, 5) is 12.4. The molecule has 172 valence electrons. The molecule has 4 aromatic rings. The molecule has 1 heterocycles. The standard InChI is InChI=1S/C24H19Br2N5O2S/c1-15-7-9-16(10-8-15)23-29-30-24(31(23)19-5-3-2-4-6-19)34-14-21(32)28-27-13-17-11-18(25)12-20(26)22(17)33/h2-13H,14H2,1H3,(H2,27,28,32,33)/p+1. The molecule has 34 heavy (non-hydrogen) atoms. The molecule has 0 fully saturated rings. The second-order valence-corrected chi connectivity index (χ2v) is 10.0. The number of aromatic hydroxyl groups is 1. The van der Waals surface area contributed by atoms with Crippen molar-refractivity contribution in [3.05, 3.63) is 86.8 Å². The number of hydrogen-bond donors (Lipinski definition) is 3. The van der Waals surface area contributed by atoms with Crippen molar-refractivity contribution in [3.63, 3.8) is 0 Å². The zero-order chi connectivity index (χ0) is 24.1. The summed E-state index contributed by atoms with van der Waals surface area (Å²) in [6, 6.07) is 21.4. The van der Waals surface area contributed by atoms with Gasteiger partial charge in [-0.2, -0.15) is 9.67 Å².